The van der Waals surface area contributed by atoms with E-state index in [0.717, 1.165) is 19.4 Å². The molecule has 0 aliphatic carbocycles. The van der Waals surface area contributed by atoms with Gasteiger partial charge in [0.2, 0.25) is 15.9 Å². The van der Waals surface area contributed by atoms with Gasteiger partial charge < -0.3 is 29.6 Å². The van der Waals surface area contributed by atoms with Gasteiger partial charge in [-0.25, -0.2) is 17.6 Å². The number of aromatic nitrogens is 1. The van der Waals surface area contributed by atoms with Crippen molar-refractivity contribution in [1.82, 2.24) is 29.3 Å². The van der Waals surface area contributed by atoms with Crippen molar-refractivity contribution in [2.75, 3.05) is 95.5 Å². The molecule has 5 heterocycles. The van der Waals surface area contributed by atoms with Gasteiger partial charge in [-0.15, -0.1) is 0 Å². The Hall–Kier alpha value is -6.19. The van der Waals surface area contributed by atoms with Crippen molar-refractivity contribution in [3.05, 3.63) is 94.0 Å². The summed E-state index contributed by atoms with van der Waals surface area (Å²) in [7, 11) is -4.03. The number of aromatic amines is 1. The molecular weight excluding hydrogens is 923 g/mol. The number of piperidine rings is 1. The SMILES string of the molecule is CC(=O)c1c(C)[nH]c(C(=O)Nc2cc(S(=O)(=O)N3CCOCC3)ccc2OCC(=O)N2CCN(CC3CCN(C(=O)c4ccc(Cl)c(N5CCC(=O)NC5=O)c4)CC3)CC2)c1-c1ccc(F)cc1. The Morgan fingerprint density at radius 1 is 0.882 bits per heavy atom. The van der Waals surface area contributed by atoms with E-state index in [-0.39, 0.29) is 95.9 Å². The van der Waals surface area contributed by atoms with Crippen LogP contribution in [-0.2, 0) is 24.3 Å². The Labute approximate surface area is 397 Å². The van der Waals surface area contributed by atoms with Crippen LogP contribution in [0.25, 0.3) is 11.1 Å². The van der Waals surface area contributed by atoms with Gasteiger partial charge in [-0.3, -0.25) is 39.1 Å². The highest BCUT2D eigenvalue weighted by Crippen LogP contribution is 2.35. The van der Waals surface area contributed by atoms with Crippen LogP contribution in [0.2, 0.25) is 5.02 Å². The predicted molar refractivity (Wildman–Crippen MR) is 249 cm³/mol. The zero-order valence-electron chi connectivity index (χ0n) is 37.6. The van der Waals surface area contributed by atoms with Gasteiger partial charge in [-0.05, 0) is 86.7 Å². The van der Waals surface area contributed by atoms with Crippen LogP contribution < -0.4 is 20.3 Å². The summed E-state index contributed by atoms with van der Waals surface area (Å²) in [5.74, 6) is -2.02. The number of nitrogens with zero attached hydrogens (tertiary/aromatic N) is 5. The van der Waals surface area contributed by atoms with Crippen molar-refractivity contribution in [2.24, 2.45) is 5.92 Å². The lowest BCUT2D eigenvalue weighted by Crippen LogP contribution is -2.51. The highest BCUT2D eigenvalue weighted by Gasteiger charge is 2.32. The van der Waals surface area contributed by atoms with Gasteiger partial charge in [0.1, 0.15) is 17.3 Å². The van der Waals surface area contributed by atoms with Gasteiger partial charge >= 0.3 is 6.03 Å². The highest BCUT2D eigenvalue weighted by molar-refractivity contribution is 7.89. The van der Waals surface area contributed by atoms with Gasteiger partial charge in [0.05, 0.1) is 34.5 Å². The van der Waals surface area contributed by atoms with Gasteiger partial charge in [-0.1, -0.05) is 23.7 Å². The predicted octanol–water partition coefficient (Wildman–Crippen LogP) is 4.78. The van der Waals surface area contributed by atoms with Crippen molar-refractivity contribution >= 4 is 68.4 Å². The number of ether oxygens (including phenoxy) is 2. The number of aryl methyl sites for hydroxylation is 1. The Morgan fingerprint density at radius 2 is 1.59 bits per heavy atom. The third-order valence-corrected chi connectivity index (χ3v) is 15.0. The number of rotatable bonds is 13. The fraction of sp³-hybridized carbons (Fsp3) is 0.404. The molecule has 68 heavy (non-hydrogen) atoms. The number of amides is 6. The van der Waals surface area contributed by atoms with Crippen LogP contribution in [0.5, 0.6) is 5.75 Å². The number of sulfonamides is 1. The normalized spacial score (nSPS) is 17.8. The number of halogens is 2. The lowest BCUT2D eigenvalue weighted by molar-refractivity contribution is -0.135. The molecule has 4 aliphatic rings. The summed E-state index contributed by atoms with van der Waals surface area (Å²) in [6, 6.07) is 13.6. The van der Waals surface area contributed by atoms with Crippen LogP contribution in [0.3, 0.4) is 0 Å². The molecule has 0 unspecified atom stereocenters. The molecule has 6 amide bonds. The first-order valence-electron chi connectivity index (χ1n) is 22.4. The molecule has 4 aromatic rings. The summed E-state index contributed by atoms with van der Waals surface area (Å²) < 4.78 is 54.1. The largest absolute Gasteiger partial charge is 0.482 e. The van der Waals surface area contributed by atoms with Crippen LogP contribution in [0, 0.1) is 18.7 Å². The fourth-order valence-electron chi connectivity index (χ4n) is 9.08. The topological polar surface area (TPSA) is 211 Å². The number of morpholine rings is 1. The molecule has 0 bridgehead atoms. The van der Waals surface area contributed by atoms with E-state index in [2.05, 4.69) is 20.5 Å². The average molecular weight is 975 g/mol. The number of hydrogen-bond donors (Lipinski definition) is 3. The third kappa shape index (κ3) is 10.6. The summed E-state index contributed by atoms with van der Waals surface area (Å²) in [6.07, 6.45) is 1.71. The van der Waals surface area contributed by atoms with E-state index in [0.29, 0.717) is 72.7 Å². The van der Waals surface area contributed by atoms with Crippen molar-refractivity contribution < 1.29 is 51.0 Å². The Morgan fingerprint density at radius 3 is 2.26 bits per heavy atom. The number of H-pyrrole nitrogens is 1. The van der Waals surface area contributed by atoms with E-state index >= 15 is 0 Å². The second-order valence-corrected chi connectivity index (χ2v) is 19.5. The van der Waals surface area contributed by atoms with E-state index < -0.39 is 34.4 Å². The fourth-order valence-corrected chi connectivity index (χ4v) is 10.7. The quantitative estimate of drug-likeness (QED) is 0.155. The molecule has 3 aromatic carbocycles. The van der Waals surface area contributed by atoms with E-state index in [1.807, 2.05) is 0 Å². The standard InChI is InChI=1S/C47H52ClFN8O10S/c1-29-42(30(2)58)43(32-3-6-34(49)7-4-32)44(50-29)45(61)51-37-26-35(68(64,65)56-21-23-66-24-22-56)8-10-39(37)67-28-41(60)54-19-17-53(18-20-54)27-31-11-14-55(15-12-31)46(62)33-5-9-36(48)38(25-33)57-16-13-40(59)52-47(57)63/h3-10,25-26,31,50H,11-24,27-28H2,1-2H3,(H,51,61)(H,52,59,63). The van der Waals surface area contributed by atoms with E-state index in [4.69, 9.17) is 21.1 Å². The number of carbonyl (C=O) groups excluding carboxylic acids is 6. The lowest BCUT2D eigenvalue weighted by Gasteiger charge is -2.39. The molecule has 4 fully saturated rings. The summed E-state index contributed by atoms with van der Waals surface area (Å²) in [5, 5.41) is 5.34. The van der Waals surface area contributed by atoms with Gasteiger partial charge in [-0.2, -0.15) is 4.31 Å². The number of anilines is 2. The summed E-state index contributed by atoms with van der Waals surface area (Å²) >= 11 is 6.40. The molecule has 18 nitrogen and oxygen atoms in total. The Balaban J connectivity index is 0.885. The molecule has 0 saturated carbocycles. The number of benzene rings is 3. The minimum absolute atomic E-state index is 0.0155. The number of ketones is 1. The van der Waals surface area contributed by atoms with Crippen molar-refractivity contribution in [3.8, 4) is 16.9 Å². The number of likely N-dealkylation sites (tertiary alicyclic amines) is 1. The van der Waals surface area contributed by atoms with Crippen molar-refractivity contribution in [1.29, 1.82) is 0 Å². The van der Waals surface area contributed by atoms with Crippen molar-refractivity contribution in [2.45, 2.75) is 38.0 Å². The maximum atomic E-state index is 14.1. The molecule has 4 saturated heterocycles. The van der Waals surface area contributed by atoms with Crippen LogP contribution in [-0.4, -0.2) is 153 Å². The van der Waals surface area contributed by atoms with Crippen LogP contribution in [0.4, 0.5) is 20.6 Å². The number of carbonyl (C=O) groups is 6. The van der Waals surface area contributed by atoms with E-state index in [1.54, 1.807) is 34.9 Å². The zero-order valence-corrected chi connectivity index (χ0v) is 39.2. The monoisotopic (exact) mass is 974 g/mol. The number of imide groups is 1. The molecular formula is C47H52ClFN8O10S. The van der Waals surface area contributed by atoms with Gasteiger partial charge in [0.15, 0.2) is 12.4 Å². The number of hydrogen-bond acceptors (Lipinski definition) is 11. The average Bonchev–Trinajstić information content (AvgIpc) is 3.69. The zero-order chi connectivity index (χ0) is 48.3. The molecule has 4 aliphatic heterocycles. The van der Waals surface area contributed by atoms with Crippen LogP contribution >= 0.6 is 11.6 Å². The molecule has 3 N–H and O–H groups in total. The van der Waals surface area contributed by atoms with Crippen LogP contribution in [0.1, 0.15) is 63.1 Å². The second-order valence-electron chi connectivity index (χ2n) is 17.2. The molecule has 0 spiro atoms. The first-order chi connectivity index (χ1) is 32.6. The molecule has 0 atom stereocenters. The smallest absolute Gasteiger partial charge is 0.328 e. The second kappa shape index (κ2) is 20.6. The minimum Gasteiger partial charge on any atom is -0.482 e. The number of Topliss-reactive ketones (excluding diaryl/α,β-unsaturated/α-hetero) is 1. The summed E-state index contributed by atoms with van der Waals surface area (Å²) in [4.78, 5) is 88.2. The van der Waals surface area contributed by atoms with Gasteiger partial charge in [0, 0.05) is 94.3 Å². The molecule has 1 aromatic heterocycles. The number of nitrogens with one attached hydrogen (secondary N) is 3. The Bertz CT molecular complexity index is 2730. The lowest BCUT2D eigenvalue weighted by atomic mass is 9.95. The third-order valence-electron chi connectivity index (χ3n) is 12.7. The first kappa shape index (κ1) is 48.3. The molecule has 360 valence electrons. The summed E-state index contributed by atoms with van der Waals surface area (Å²) in [5.41, 5.74) is 2.03. The summed E-state index contributed by atoms with van der Waals surface area (Å²) in [6.45, 7) is 7.53. The van der Waals surface area contributed by atoms with Crippen molar-refractivity contribution in [3.63, 3.8) is 0 Å². The van der Waals surface area contributed by atoms with Gasteiger partial charge in [0.25, 0.3) is 17.7 Å². The van der Waals surface area contributed by atoms with E-state index in [1.165, 1.54) is 58.6 Å². The molecule has 8 rings (SSSR count). The Kier molecular flexibility index (Phi) is 14.6. The highest BCUT2D eigenvalue weighted by atomic mass is 35.5. The number of urea groups is 1. The number of piperazine rings is 1. The maximum Gasteiger partial charge on any atom is 0.328 e. The first-order valence-corrected chi connectivity index (χ1v) is 24.2. The minimum atomic E-state index is -4.03. The molecule has 0 radical (unpaired) electrons. The molecule has 21 heteroatoms. The van der Waals surface area contributed by atoms with Crippen LogP contribution in [0.15, 0.2) is 65.6 Å². The maximum absolute atomic E-state index is 14.1. The van der Waals surface area contributed by atoms with E-state index in [9.17, 15) is 41.6 Å².